The van der Waals surface area contributed by atoms with Gasteiger partial charge in [0.15, 0.2) is 0 Å². The van der Waals surface area contributed by atoms with Gasteiger partial charge in [-0.1, -0.05) is 24.3 Å². The van der Waals surface area contributed by atoms with Crippen LogP contribution in [0.5, 0.6) is 0 Å². The predicted octanol–water partition coefficient (Wildman–Crippen LogP) is 3.98. The number of pyridine rings is 1. The number of nitrogens with two attached hydrogens (primary N) is 1. The first kappa shape index (κ1) is 16.7. The van der Waals surface area contributed by atoms with Crippen molar-refractivity contribution >= 4 is 17.4 Å². The molecule has 1 amide bonds. The molecule has 3 N–H and O–H groups in total. The van der Waals surface area contributed by atoms with Gasteiger partial charge in [0.1, 0.15) is 11.9 Å². The summed E-state index contributed by atoms with van der Waals surface area (Å²) in [5.74, 6) is 0.413. The number of rotatable bonds is 3. The minimum Gasteiger partial charge on any atom is -0.383 e. The van der Waals surface area contributed by atoms with E-state index in [2.05, 4.69) is 28.5 Å². The summed E-state index contributed by atoms with van der Waals surface area (Å²) in [6, 6.07) is 11.6. The molecule has 1 aromatic heterocycles. The van der Waals surface area contributed by atoms with Crippen molar-refractivity contribution in [3.63, 3.8) is 0 Å². The fourth-order valence-corrected chi connectivity index (χ4v) is 3.21. The van der Waals surface area contributed by atoms with Crippen molar-refractivity contribution in [3.8, 4) is 17.3 Å². The maximum absolute atomic E-state index is 11.3. The third-order valence-electron chi connectivity index (χ3n) is 4.38. The largest absolute Gasteiger partial charge is 0.383 e. The molecule has 0 bridgehead atoms. The Morgan fingerprint density at radius 1 is 1.36 bits per heavy atom. The minimum absolute atomic E-state index is 0.126. The zero-order valence-electron chi connectivity index (χ0n) is 14.1. The molecule has 1 aromatic carbocycles. The lowest BCUT2D eigenvalue weighted by Gasteiger charge is -2.21. The van der Waals surface area contributed by atoms with Gasteiger partial charge in [-0.2, -0.15) is 5.26 Å². The average Bonchev–Trinajstić information content (AvgIpc) is 2.61. The zero-order valence-corrected chi connectivity index (χ0v) is 14.1. The lowest BCUT2D eigenvalue weighted by atomic mass is 9.85. The standard InChI is InChI=1S/C20H20N4O/c1-13(25)23-16-9-5-8-15(10-16)19-11-17(14-6-3-2-4-7-14)18(12-21)20(22)24-19/h2-3,5,8-11,14H,4,6-7H2,1H3,(H2,22,24)(H,23,25)/t14-/m0/s1. The van der Waals surface area contributed by atoms with Gasteiger partial charge in [-0.25, -0.2) is 4.98 Å². The quantitative estimate of drug-likeness (QED) is 0.831. The van der Waals surface area contributed by atoms with Gasteiger partial charge in [-0.3, -0.25) is 4.79 Å². The monoisotopic (exact) mass is 332 g/mol. The van der Waals surface area contributed by atoms with Crippen LogP contribution >= 0.6 is 0 Å². The second kappa shape index (κ2) is 7.18. The van der Waals surface area contributed by atoms with Crippen LogP contribution in [-0.4, -0.2) is 10.9 Å². The summed E-state index contributed by atoms with van der Waals surface area (Å²) in [6.45, 7) is 1.47. The predicted molar refractivity (Wildman–Crippen MR) is 98.8 cm³/mol. The third kappa shape index (κ3) is 3.69. The Balaban J connectivity index is 2.05. The van der Waals surface area contributed by atoms with E-state index in [1.54, 1.807) is 0 Å². The molecule has 0 saturated heterocycles. The molecular formula is C20H20N4O. The molecule has 0 spiro atoms. The highest BCUT2D eigenvalue weighted by Crippen LogP contribution is 2.35. The molecule has 0 fully saturated rings. The number of aromatic nitrogens is 1. The Bertz CT molecular complexity index is 880. The number of hydrogen-bond donors (Lipinski definition) is 2. The van der Waals surface area contributed by atoms with Crippen molar-refractivity contribution in [2.75, 3.05) is 11.1 Å². The fourth-order valence-electron chi connectivity index (χ4n) is 3.21. The van der Waals surface area contributed by atoms with Crippen LogP contribution in [-0.2, 0) is 4.79 Å². The van der Waals surface area contributed by atoms with Gasteiger partial charge in [-0.15, -0.1) is 0 Å². The Hall–Kier alpha value is -3.13. The summed E-state index contributed by atoms with van der Waals surface area (Å²) in [5.41, 5.74) is 9.78. The fraction of sp³-hybridized carbons (Fsp3) is 0.250. The molecule has 1 aliphatic carbocycles. The van der Waals surface area contributed by atoms with Crippen molar-refractivity contribution in [3.05, 3.63) is 53.6 Å². The van der Waals surface area contributed by atoms with Crippen LogP contribution in [0, 0.1) is 11.3 Å². The molecule has 3 rings (SSSR count). The molecule has 1 heterocycles. The Morgan fingerprint density at radius 3 is 2.88 bits per heavy atom. The van der Waals surface area contributed by atoms with E-state index < -0.39 is 0 Å². The number of nitrogens with one attached hydrogen (secondary N) is 1. The van der Waals surface area contributed by atoms with Gasteiger partial charge in [0.05, 0.1) is 11.3 Å². The summed E-state index contributed by atoms with van der Waals surface area (Å²) in [5, 5.41) is 12.3. The van der Waals surface area contributed by atoms with Gasteiger partial charge in [0.25, 0.3) is 0 Å². The van der Waals surface area contributed by atoms with Crippen molar-refractivity contribution in [2.45, 2.75) is 32.1 Å². The number of nitrogens with zero attached hydrogens (tertiary/aromatic N) is 2. The van der Waals surface area contributed by atoms with Crippen molar-refractivity contribution in [1.29, 1.82) is 5.26 Å². The molecule has 0 saturated carbocycles. The smallest absolute Gasteiger partial charge is 0.221 e. The molecule has 1 aliphatic rings. The molecule has 126 valence electrons. The van der Waals surface area contributed by atoms with E-state index >= 15 is 0 Å². The number of benzene rings is 1. The second-order valence-electron chi connectivity index (χ2n) is 6.21. The van der Waals surface area contributed by atoms with Crippen LogP contribution in [0.2, 0.25) is 0 Å². The molecule has 2 aromatic rings. The van der Waals surface area contributed by atoms with E-state index in [4.69, 9.17) is 5.73 Å². The van der Waals surface area contributed by atoms with E-state index in [9.17, 15) is 10.1 Å². The summed E-state index contributed by atoms with van der Waals surface area (Å²) in [7, 11) is 0. The highest BCUT2D eigenvalue weighted by molar-refractivity contribution is 5.89. The number of anilines is 2. The topological polar surface area (TPSA) is 91.8 Å². The number of carbonyl (C=O) groups excluding carboxylic acids is 1. The van der Waals surface area contributed by atoms with Crippen molar-refractivity contribution < 1.29 is 4.79 Å². The van der Waals surface area contributed by atoms with Gasteiger partial charge in [0, 0.05) is 18.2 Å². The summed E-state index contributed by atoms with van der Waals surface area (Å²) >= 11 is 0. The van der Waals surface area contributed by atoms with Crippen molar-refractivity contribution in [2.24, 2.45) is 0 Å². The van der Waals surface area contributed by atoms with E-state index in [1.807, 2.05) is 30.3 Å². The molecule has 25 heavy (non-hydrogen) atoms. The summed E-state index contributed by atoms with van der Waals surface area (Å²) < 4.78 is 0. The van der Waals surface area contributed by atoms with Crippen molar-refractivity contribution in [1.82, 2.24) is 4.98 Å². The average molecular weight is 332 g/mol. The van der Waals surface area contributed by atoms with Crippen LogP contribution in [0.15, 0.2) is 42.5 Å². The van der Waals surface area contributed by atoms with Crippen LogP contribution in [0.4, 0.5) is 11.5 Å². The van der Waals surface area contributed by atoms with Crippen LogP contribution < -0.4 is 11.1 Å². The first-order valence-electron chi connectivity index (χ1n) is 8.32. The van der Waals surface area contributed by atoms with Gasteiger partial charge in [0.2, 0.25) is 5.91 Å². The van der Waals surface area contributed by atoms with Crippen LogP contribution in [0.25, 0.3) is 11.3 Å². The number of nitrogen functional groups attached to an aromatic ring is 1. The Kier molecular flexibility index (Phi) is 4.80. The number of allylic oxidation sites excluding steroid dienone is 2. The van der Waals surface area contributed by atoms with Crippen LogP contribution in [0.3, 0.4) is 0 Å². The third-order valence-corrected chi connectivity index (χ3v) is 4.38. The molecule has 1 atom stereocenters. The highest BCUT2D eigenvalue weighted by Gasteiger charge is 2.20. The highest BCUT2D eigenvalue weighted by atomic mass is 16.1. The molecule has 5 heteroatoms. The van der Waals surface area contributed by atoms with Crippen LogP contribution in [0.1, 0.15) is 43.2 Å². The maximum Gasteiger partial charge on any atom is 0.221 e. The normalized spacial score (nSPS) is 16.2. The molecule has 0 unspecified atom stereocenters. The Labute approximate surface area is 147 Å². The minimum atomic E-state index is -0.126. The Morgan fingerprint density at radius 2 is 2.20 bits per heavy atom. The zero-order chi connectivity index (χ0) is 17.8. The lowest BCUT2D eigenvalue weighted by molar-refractivity contribution is -0.114. The first-order chi connectivity index (χ1) is 12.1. The van der Waals surface area contributed by atoms with Gasteiger partial charge in [-0.05, 0) is 48.9 Å². The maximum atomic E-state index is 11.3. The first-order valence-corrected chi connectivity index (χ1v) is 8.32. The summed E-state index contributed by atoms with van der Waals surface area (Å²) in [6.07, 6.45) is 7.24. The van der Waals surface area contributed by atoms with Gasteiger partial charge >= 0.3 is 0 Å². The second-order valence-corrected chi connectivity index (χ2v) is 6.21. The molecule has 5 nitrogen and oxygen atoms in total. The number of carbonyl (C=O) groups is 1. The molecule has 0 aliphatic heterocycles. The van der Waals surface area contributed by atoms with E-state index in [0.29, 0.717) is 16.9 Å². The number of nitriles is 1. The number of hydrogen-bond acceptors (Lipinski definition) is 4. The van der Waals surface area contributed by atoms with Gasteiger partial charge < -0.3 is 11.1 Å². The van der Waals surface area contributed by atoms with E-state index in [0.717, 1.165) is 30.4 Å². The molecular weight excluding hydrogens is 312 g/mol. The molecule has 0 radical (unpaired) electrons. The SMILES string of the molecule is CC(=O)Nc1cccc(-c2cc([C@H]3CC=CCC3)c(C#N)c(N)n2)c1. The van der Waals surface area contributed by atoms with E-state index in [-0.39, 0.29) is 17.6 Å². The van der Waals surface area contributed by atoms with E-state index in [1.165, 1.54) is 6.92 Å². The lowest BCUT2D eigenvalue weighted by Crippen LogP contribution is -2.08. The number of amides is 1. The summed E-state index contributed by atoms with van der Waals surface area (Å²) in [4.78, 5) is 15.7.